The van der Waals surface area contributed by atoms with Crippen LogP contribution in [0.1, 0.15) is 20.3 Å². The number of ether oxygens (including phenoxy) is 1. The van der Waals surface area contributed by atoms with E-state index in [1.54, 1.807) is 14.2 Å². The van der Waals surface area contributed by atoms with Crippen molar-refractivity contribution < 1.29 is 4.74 Å². The molecule has 0 bridgehead atoms. The Morgan fingerprint density at radius 1 is 1.53 bits per heavy atom. The van der Waals surface area contributed by atoms with Crippen LogP contribution in [0.15, 0.2) is 0 Å². The van der Waals surface area contributed by atoms with Gasteiger partial charge in [0.05, 0.1) is 6.07 Å². The first-order valence-electron chi connectivity index (χ1n) is 5.04. The summed E-state index contributed by atoms with van der Waals surface area (Å²) in [6.45, 7) is 4.31. The molecule has 1 N–H and O–H groups in total. The molecule has 0 aliphatic carbocycles. The van der Waals surface area contributed by atoms with Crippen molar-refractivity contribution in [3.63, 3.8) is 0 Å². The van der Waals surface area contributed by atoms with Gasteiger partial charge in [-0.05, 0) is 31.3 Å². The smallest absolute Gasteiger partial charge is 0.156 e. The molecule has 2 unspecified atom stereocenters. The van der Waals surface area contributed by atoms with Gasteiger partial charge < -0.3 is 4.74 Å². The second kappa shape index (κ2) is 7.94. The Hall–Kier alpha value is -0.280. The number of hydrogen-bond donors (Lipinski definition) is 1. The van der Waals surface area contributed by atoms with Crippen LogP contribution in [0.4, 0.5) is 0 Å². The van der Waals surface area contributed by atoms with Gasteiger partial charge in [-0.1, -0.05) is 13.8 Å². The van der Waals surface area contributed by atoms with Crippen molar-refractivity contribution >= 4 is 11.9 Å². The third kappa shape index (κ3) is 6.00. The average molecular weight is 231 g/mol. The van der Waals surface area contributed by atoms with Gasteiger partial charge in [0, 0.05) is 14.2 Å². The van der Waals surface area contributed by atoms with Crippen molar-refractivity contribution in [2.24, 2.45) is 5.92 Å². The van der Waals surface area contributed by atoms with E-state index in [1.165, 1.54) is 11.9 Å². The van der Waals surface area contributed by atoms with Crippen LogP contribution < -0.4 is 5.32 Å². The maximum atomic E-state index is 8.81. The molecule has 0 heterocycles. The van der Waals surface area contributed by atoms with Crippen molar-refractivity contribution in [2.45, 2.75) is 31.9 Å². The molecule has 88 valence electrons. The molecule has 0 spiro atoms. The van der Waals surface area contributed by atoms with Crippen LogP contribution in [0.2, 0.25) is 0 Å². The Kier molecular flexibility index (Phi) is 7.79. The normalized spacial score (nSPS) is 15.3. The maximum Gasteiger partial charge on any atom is 0.156 e. The zero-order valence-electron chi connectivity index (χ0n) is 10.2. The third-order valence-corrected chi connectivity index (χ3v) is 3.12. The van der Waals surface area contributed by atoms with Gasteiger partial charge >= 0.3 is 0 Å². The van der Waals surface area contributed by atoms with Gasteiger partial charge in [0.1, 0.15) is 6.23 Å². The van der Waals surface area contributed by atoms with E-state index >= 15 is 0 Å². The van der Waals surface area contributed by atoms with E-state index < -0.39 is 0 Å². The van der Waals surface area contributed by atoms with Crippen molar-refractivity contribution in [1.82, 2.24) is 9.62 Å². The van der Waals surface area contributed by atoms with E-state index in [4.69, 9.17) is 10.00 Å². The summed E-state index contributed by atoms with van der Waals surface area (Å²) < 4.78 is 7.37. The Morgan fingerprint density at radius 2 is 2.13 bits per heavy atom. The van der Waals surface area contributed by atoms with Gasteiger partial charge in [0.2, 0.25) is 0 Å². The first kappa shape index (κ1) is 14.7. The highest BCUT2D eigenvalue weighted by Crippen LogP contribution is 2.20. The minimum atomic E-state index is -0.222. The highest BCUT2D eigenvalue weighted by atomic mass is 32.2. The zero-order chi connectivity index (χ0) is 11.8. The van der Waals surface area contributed by atoms with Crippen LogP contribution in [0.5, 0.6) is 0 Å². The fourth-order valence-corrected chi connectivity index (χ4v) is 1.96. The Morgan fingerprint density at radius 3 is 2.47 bits per heavy atom. The van der Waals surface area contributed by atoms with Crippen LogP contribution >= 0.6 is 11.9 Å². The van der Waals surface area contributed by atoms with Crippen molar-refractivity contribution in [1.29, 1.82) is 5.26 Å². The van der Waals surface area contributed by atoms with Crippen molar-refractivity contribution in [2.75, 3.05) is 21.2 Å². The van der Waals surface area contributed by atoms with Gasteiger partial charge in [-0.15, -0.1) is 0 Å². The average Bonchev–Trinajstić information content (AvgIpc) is 2.21. The van der Waals surface area contributed by atoms with Crippen LogP contribution in [0, 0.1) is 17.2 Å². The fourth-order valence-electron chi connectivity index (χ4n) is 1.17. The van der Waals surface area contributed by atoms with Crippen molar-refractivity contribution in [3.8, 4) is 6.07 Å². The van der Waals surface area contributed by atoms with E-state index in [1.807, 2.05) is 11.4 Å². The Labute approximate surface area is 97.1 Å². The number of rotatable bonds is 7. The summed E-state index contributed by atoms with van der Waals surface area (Å²) in [4.78, 5) is 0. The standard InChI is InChI=1S/C10H21N3OS/c1-8(2)6-10(14-5)13(4)15-9(7-11)12-3/h8-10,12H,6H2,1-5H3. The third-order valence-electron chi connectivity index (χ3n) is 2.00. The molecule has 0 aliphatic rings. The first-order chi connectivity index (χ1) is 7.04. The van der Waals surface area contributed by atoms with E-state index in [2.05, 4.69) is 25.2 Å². The number of nitrogens with one attached hydrogen (secondary N) is 1. The first-order valence-corrected chi connectivity index (χ1v) is 5.88. The molecule has 0 saturated heterocycles. The zero-order valence-corrected chi connectivity index (χ0v) is 11.0. The number of methoxy groups -OCH3 is 1. The molecule has 0 saturated carbocycles. The van der Waals surface area contributed by atoms with Crippen LogP contribution in [0.25, 0.3) is 0 Å². The molecule has 0 rings (SSSR count). The van der Waals surface area contributed by atoms with E-state index in [9.17, 15) is 0 Å². The van der Waals surface area contributed by atoms with Gasteiger partial charge in [-0.2, -0.15) is 5.26 Å². The summed E-state index contributed by atoms with van der Waals surface area (Å²) in [5.41, 5.74) is 0. The van der Waals surface area contributed by atoms with E-state index in [0.717, 1.165) is 6.42 Å². The lowest BCUT2D eigenvalue weighted by Crippen LogP contribution is -2.33. The second-order valence-corrected chi connectivity index (χ2v) is 5.03. The van der Waals surface area contributed by atoms with Crippen LogP contribution in [0.3, 0.4) is 0 Å². The molecule has 0 aromatic heterocycles. The topological polar surface area (TPSA) is 48.3 Å². The minimum Gasteiger partial charge on any atom is -0.366 e. The summed E-state index contributed by atoms with van der Waals surface area (Å²) >= 11 is 1.46. The molecule has 0 aliphatic heterocycles. The molecule has 0 amide bonds. The number of nitrogens with zero attached hydrogens (tertiary/aromatic N) is 2. The maximum absolute atomic E-state index is 8.81. The van der Waals surface area contributed by atoms with Gasteiger partial charge in [0.15, 0.2) is 5.37 Å². The number of nitriles is 1. The molecule has 0 aromatic rings. The molecule has 15 heavy (non-hydrogen) atoms. The summed E-state index contributed by atoms with van der Waals surface area (Å²) in [5.74, 6) is 0.577. The summed E-state index contributed by atoms with van der Waals surface area (Å²) in [6, 6.07) is 2.17. The van der Waals surface area contributed by atoms with Crippen LogP contribution in [-0.2, 0) is 4.74 Å². The second-order valence-electron chi connectivity index (χ2n) is 3.77. The van der Waals surface area contributed by atoms with Gasteiger partial charge in [-0.25, -0.2) is 4.31 Å². The molecule has 0 aromatic carbocycles. The Balaban J connectivity index is 4.14. The molecular weight excluding hydrogens is 210 g/mol. The quantitative estimate of drug-likeness (QED) is 0.533. The van der Waals surface area contributed by atoms with E-state index in [0.29, 0.717) is 5.92 Å². The monoisotopic (exact) mass is 231 g/mol. The molecule has 2 atom stereocenters. The fraction of sp³-hybridized carbons (Fsp3) is 0.900. The summed E-state index contributed by atoms with van der Waals surface area (Å²) in [5, 5.41) is 11.5. The SMILES string of the molecule is CNC(C#N)SN(C)C(CC(C)C)OC. The molecular formula is C10H21N3OS. The number of hydrogen-bond acceptors (Lipinski definition) is 5. The summed E-state index contributed by atoms with van der Waals surface area (Å²) in [7, 11) is 5.42. The summed E-state index contributed by atoms with van der Waals surface area (Å²) in [6.07, 6.45) is 1.01. The molecule has 4 nitrogen and oxygen atoms in total. The highest BCUT2D eigenvalue weighted by molar-refractivity contribution is 7.97. The minimum absolute atomic E-state index is 0.0548. The molecule has 5 heteroatoms. The van der Waals surface area contributed by atoms with Crippen molar-refractivity contribution in [3.05, 3.63) is 0 Å². The van der Waals surface area contributed by atoms with Gasteiger partial charge in [0.25, 0.3) is 0 Å². The Bertz CT molecular complexity index is 205. The predicted octanol–water partition coefficient (Wildman–Crippen LogP) is 1.65. The largest absolute Gasteiger partial charge is 0.366 e. The predicted molar refractivity (Wildman–Crippen MR) is 64.1 cm³/mol. The highest BCUT2D eigenvalue weighted by Gasteiger charge is 2.19. The van der Waals surface area contributed by atoms with Gasteiger partial charge in [-0.3, -0.25) is 5.32 Å². The lowest BCUT2D eigenvalue weighted by molar-refractivity contribution is 0.0165. The lowest BCUT2D eigenvalue weighted by atomic mass is 10.1. The van der Waals surface area contributed by atoms with Crippen LogP contribution in [-0.4, -0.2) is 37.1 Å². The van der Waals surface area contributed by atoms with E-state index in [-0.39, 0.29) is 11.6 Å². The molecule has 0 radical (unpaired) electrons. The molecule has 0 fully saturated rings. The lowest BCUT2D eigenvalue weighted by Gasteiger charge is -2.28.